The molecule has 0 radical (unpaired) electrons. The molecule has 2 heteroatoms. The summed E-state index contributed by atoms with van der Waals surface area (Å²) in [4.78, 5) is 0. The Balaban J connectivity index is 2.75. The van der Waals surface area contributed by atoms with Crippen LogP contribution in [0.1, 0.15) is 47.0 Å². The van der Waals surface area contributed by atoms with Crippen LogP contribution < -0.4 is 0 Å². The molecule has 0 spiro atoms. The van der Waals surface area contributed by atoms with Crippen LogP contribution in [0.4, 0.5) is 0 Å². The molecule has 0 heterocycles. The summed E-state index contributed by atoms with van der Waals surface area (Å²) >= 11 is 3.54. The van der Waals surface area contributed by atoms with Crippen LogP contribution in [-0.2, 0) is 0 Å². The second-order valence-corrected chi connectivity index (χ2v) is 8.42. The van der Waals surface area contributed by atoms with Gasteiger partial charge in [0.05, 0.1) is 20.6 Å². The smallest absolute Gasteiger partial charge is 0.104 e. The highest BCUT2D eigenvalue weighted by molar-refractivity contribution is 9.09. The fourth-order valence-corrected chi connectivity index (χ4v) is 3.41. The molecule has 0 bridgehead atoms. The zero-order chi connectivity index (χ0) is 15.4. The van der Waals surface area contributed by atoms with Crippen molar-refractivity contribution in [2.45, 2.75) is 53.0 Å². The zero-order valence-corrected chi connectivity index (χ0v) is 15.8. The number of likely N-dealkylation sites (N-methyl/N-ethyl adjacent to an activating group) is 1. The normalized spacial score (nSPS) is 24.8. The first-order valence-electron chi connectivity index (χ1n) is 7.94. The summed E-state index contributed by atoms with van der Waals surface area (Å²) in [6.07, 6.45) is 11.1. The molecule has 116 valence electrons. The van der Waals surface area contributed by atoms with E-state index in [2.05, 4.69) is 75.9 Å². The summed E-state index contributed by atoms with van der Waals surface area (Å²) < 4.78 is 1.07. The summed E-state index contributed by atoms with van der Waals surface area (Å²) in [7, 11) is 4.68. The van der Waals surface area contributed by atoms with Gasteiger partial charge in [0.1, 0.15) is 6.04 Å². The molecule has 1 aliphatic carbocycles. The monoisotopic (exact) mass is 342 g/mol. The number of quaternary nitrogens is 1. The lowest BCUT2D eigenvalue weighted by molar-refractivity contribution is -0.906. The van der Waals surface area contributed by atoms with E-state index in [9.17, 15) is 0 Å². The minimum Gasteiger partial charge on any atom is -0.323 e. The van der Waals surface area contributed by atoms with E-state index in [1.54, 1.807) is 5.57 Å². The van der Waals surface area contributed by atoms with E-state index in [0.29, 0.717) is 17.4 Å². The van der Waals surface area contributed by atoms with Gasteiger partial charge in [0.15, 0.2) is 0 Å². The Kier molecular flexibility index (Phi) is 6.53. The molecule has 20 heavy (non-hydrogen) atoms. The van der Waals surface area contributed by atoms with Gasteiger partial charge in [-0.1, -0.05) is 47.5 Å². The minimum atomic E-state index is 0.405. The average Bonchev–Trinajstić information content (AvgIpc) is 2.34. The number of hydrogen-bond acceptors (Lipinski definition) is 0. The molecule has 1 aliphatic rings. The van der Waals surface area contributed by atoms with Gasteiger partial charge in [0, 0.05) is 17.7 Å². The van der Waals surface area contributed by atoms with Crippen molar-refractivity contribution in [2.24, 2.45) is 11.3 Å². The van der Waals surface area contributed by atoms with Crippen LogP contribution in [0.25, 0.3) is 0 Å². The third-order valence-corrected chi connectivity index (χ3v) is 5.70. The first-order chi connectivity index (χ1) is 9.20. The van der Waals surface area contributed by atoms with Crippen LogP contribution >= 0.6 is 15.9 Å². The maximum atomic E-state index is 3.54. The molecule has 1 rings (SSSR count). The summed E-state index contributed by atoms with van der Waals surface area (Å²) in [5.74, 6) is 0.606. The van der Waals surface area contributed by atoms with Crippen LogP contribution in [0.5, 0.6) is 0 Å². The van der Waals surface area contributed by atoms with Gasteiger partial charge in [0.25, 0.3) is 0 Å². The lowest BCUT2D eigenvalue weighted by atomic mass is 9.68. The molecule has 0 aromatic rings. The molecule has 0 aromatic carbocycles. The van der Waals surface area contributed by atoms with Gasteiger partial charge in [-0.25, -0.2) is 0 Å². The number of halogens is 1. The second-order valence-electron chi connectivity index (χ2n) is 7.62. The summed E-state index contributed by atoms with van der Waals surface area (Å²) in [6, 6.07) is 0.569. The van der Waals surface area contributed by atoms with Crippen LogP contribution in [0.3, 0.4) is 0 Å². The lowest BCUT2D eigenvalue weighted by Crippen LogP contribution is -2.47. The van der Waals surface area contributed by atoms with Gasteiger partial charge in [0.2, 0.25) is 0 Å². The van der Waals surface area contributed by atoms with Crippen LogP contribution in [0.2, 0.25) is 0 Å². The molecule has 0 aliphatic heterocycles. The Labute approximate surface area is 134 Å². The van der Waals surface area contributed by atoms with Gasteiger partial charge in [-0.3, -0.25) is 0 Å². The molecule has 2 unspecified atom stereocenters. The fourth-order valence-electron chi connectivity index (χ4n) is 3.16. The van der Waals surface area contributed by atoms with Gasteiger partial charge in [-0.05, 0) is 38.2 Å². The van der Waals surface area contributed by atoms with Gasteiger partial charge < -0.3 is 4.48 Å². The molecule has 0 fully saturated rings. The first-order valence-corrected chi connectivity index (χ1v) is 9.06. The molecular formula is C18H33BrN+. The number of rotatable bonds is 6. The largest absolute Gasteiger partial charge is 0.323 e. The van der Waals surface area contributed by atoms with Crippen molar-refractivity contribution in [1.82, 2.24) is 0 Å². The van der Waals surface area contributed by atoms with E-state index >= 15 is 0 Å². The molecule has 0 saturated heterocycles. The maximum absolute atomic E-state index is 3.54. The number of hydrogen-bond donors (Lipinski definition) is 0. The molecule has 0 amide bonds. The highest BCUT2D eigenvalue weighted by Gasteiger charge is 2.31. The number of nitrogens with zero attached hydrogens (tertiary/aromatic N) is 1. The van der Waals surface area contributed by atoms with Crippen molar-refractivity contribution in [3.63, 3.8) is 0 Å². The van der Waals surface area contributed by atoms with Crippen LogP contribution in [0, 0.1) is 11.3 Å². The summed E-state index contributed by atoms with van der Waals surface area (Å²) in [6.45, 7) is 10.7. The lowest BCUT2D eigenvalue weighted by Gasteiger charge is -2.38. The minimum absolute atomic E-state index is 0.405. The number of alkyl halides is 1. The molecule has 2 atom stereocenters. The predicted molar refractivity (Wildman–Crippen MR) is 94.3 cm³/mol. The van der Waals surface area contributed by atoms with Crippen LogP contribution in [-0.4, -0.2) is 36.5 Å². The Hall–Kier alpha value is -0.0800. The molecular weight excluding hydrogens is 310 g/mol. The van der Waals surface area contributed by atoms with Crippen molar-refractivity contribution in [3.8, 4) is 0 Å². The zero-order valence-electron chi connectivity index (χ0n) is 14.2. The SMILES string of the molecule is CC1=CCCC(C)(C)C1C=CC(C)[N+](C)(C)CCCBr. The van der Waals surface area contributed by atoms with E-state index in [1.807, 2.05) is 0 Å². The van der Waals surface area contributed by atoms with E-state index in [0.717, 1.165) is 9.81 Å². The van der Waals surface area contributed by atoms with Gasteiger partial charge >= 0.3 is 0 Å². The molecule has 0 N–H and O–H groups in total. The van der Waals surface area contributed by atoms with E-state index in [4.69, 9.17) is 0 Å². The summed E-state index contributed by atoms with van der Waals surface area (Å²) in [5.41, 5.74) is 1.96. The highest BCUT2D eigenvalue weighted by atomic mass is 79.9. The number of allylic oxidation sites excluding steroid dienone is 3. The van der Waals surface area contributed by atoms with E-state index in [-0.39, 0.29) is 0 Å². The van der Waals surface area contributed by atoms with Crippen molar-refractivity contribution in [2.75, 3.05) is 26.0 Å². The molecule has 0 aromatic heterocycles. The van der Waals surface area contributed by atoms with Crippen molar-refractivity contribution in [1.29, 1.82) is 0 Å². The Morgan fingerprint density at radius 3 is 2.65 bits per heavy atom. The predicted octanol–water partition coefficient (Wildman–Crippen LogP) is 5.18. The van der Waals surface area contributed by atoms with Gasteiger partial charge in [-0.15, -0.1) is 0 Å². The average molecular weight is 343 g/mol. The van der Waals surface area contributed by atoms with Gasteiger partial charge in [-0.2, -0.15) is 0 Å². The fraction of sp³-hybridized carbons (Fsp3) is 0.778. The van der Waals surface area contributed by atoms with Crippen molar-refractivity contribution >= 4 is 15.9 Å². The van der Waals surface area contributed by atoms with Crippen LogP contribution in [0.15, 0.2) is 23.8 Å². The third kappa shape index (κ3) is 4.73. The molecule has 1 nitrogen and oxygen atoms in total. The Bertz CT molecular complexity index is 366. The van der Waals surface area contributed by atoms with E-state index < -0.39 is 0 Å². The maximum Gasteiger partial charge on any atom is 0.104 e. The molecule has 0 saturated carbocycles. The Morgan fingerprint density at radius 1 is 1.45 bits per heavy atom. The quantitative estimate of drug-likeness (QED) is 0.354. The second kappa shape index (κ2) is 7.26. The van der Waals surface area contributed by atoms with Crippen molar-refractivity contribution in [3.05, 3.63) is 23.8 Å². The first kappa shape index (κ1) is 18.0. The standard InChI is InChI=1S/C18H33BrN/c1-15-9-7-12-18(3,4)17(15)11-10-16(2)20(5,6)14-8-13-19/h9-11,16-17H,7-8,12-14H2,1-6H3/q+1. The summed E-state index contributed by atoms with van der Waals surface area (Å²) in [5, 5.41) is 1.10. The topological polar surface area (TPSA) is 0 Å². The highest BCUT2D eigenvalue weighted by Crippen LogP contribution is 2.41. The Morgan fingerprint density at radius 2 is 2.10 bits per heavy atom. The van der Waals surface area contributed by atoms with Crippen molar-refractivity contribution < 1.29 is 4.48 Å². The third-order valence-electron chi connectivity index (χ3n) is 5.14. The van der Waals surface area contributed by atoms with E-state index in [1.165, 1.54) is 25.8 Å².